The number of carbonyl (C=O) groups excluding carboxylic acids is 2. The summed E-state index contributed by atoms with van der Waals surface area (Å²) in [5.41, 5.74) is 3.63. The molecule has 0 aromatic heterocycles. The number of benzene rings is 2. The van der Waals surface area contributed by atoms with Gasteiger partial charge >= 0.3 is 0 Å². The van der Waals surface area contributed by atoms with Crippen molar-refractivity contribution in [2.75, 3.05) is 6.54 Å². The quantitative estimate of drug-likeness (QED) is 0.740. The maximum Gasteiger partial charge on any atom is 0.268 e. The minimum atomic E-state index is -0.187. The van der Waals surface area contributed by atoms with Crippen molar-refractivity contribution in [3.05, 3.63) is 70.1 Å². The molecule has 0 radical (unpaired) electrons. The third-order valence-corrected chi connectivity index (χ3v) is 5.42. The van der Waals surface area contributed by atoms with Crippen LogP contribution in [0.2, 0.25) is 0 Å². The third-order valence-electron chi connectivity index (χ3n) is 4.33. The fourth-order valence-corrected chi connectivity index (χ4v) is 3.87. The number of carbonyl (C=O) groups is 2. The number of hydrogen-bond donors (Lipinski definition) is 0. The molecule has 128 valence electrons. The van der Waals surface area contributed by atoms with Gasteiger partial charge in [-0.15, -0.1) is 0 Å². The van der Waals surface area contributed by atoms with Crippen molar-refractivity contribution >= 4 is 29.1 Å². The summed E-state index contributed by atoms with van der Waals surface area (Å²) in [7, 11) is 0. The minimum Gasteiger partial charge on any atom is -0.274 e. The van der Waals surface area contributed by atoms with Gasteiger partial charge < -0.3 is 0 Å². The van der Waals surface area contributed by atoms with E-state index in [4.69, 9.17) is 0 Å². The topological polar surface area (TPSA) is 37.4 Å². The lowest BCUT2D eigenvalue weighted by atomic mass is 10.0. The number of imide groups is 1. The SMILES string of the molecule is CCCN1C(=O)C(Sc2ccccc2)=C(c2ccc(C)c(C)c2)C1=O. The average molecular weight is 351 g/mol. The summed E-state index contributed by atoms with van der Waals surface area (Å²) in [4.78, 5) is 28.7. The molecule has 4 heteroatoms. The van der Waals surface area contributed by atoms with E-state index in [9.17, 15) is 9.59 Å². The third kappa shape index (κ3) is 3.40. The monoisotopic (exact) mass is 351 g/mol. The summed E-state index contributed by atoms with van der Waals surface area (Å²) in [6.07, 6.45) is 0.751. The van der Waals surface area contributed by atoms with Gasteiger partial charge in [-0.2, -0.15) is 0 Å². The molecule has 0 unspecified atom stereocenters. The summed E-state index contributed by atoms with van der Waals surface area (Å²) >= 11 is 1.37. The first-order valence-electron chi connectivity index (χ1n) is 8.44. The van der Waals surface area contributed by atoms with Gasteiger partial charge in [-0.05, 0) is 49.1 Å². The van der Waals surface area contributed by atoms with Crippen molar-refractivity contribution in [2.45, 2.75) is 32.1 Å². The standard InChI is InChI=1S/C21H21NO2S/c1-4-12-22-20(23)18(16-11-10-14(2)15(3)13-16)19(21(22)24)25-17-8-6-5-7-9-17/h5-11,13H,4,12H2,1-3H3. The van der Waals surface area contributed by atoms with Crippen molar-refractivity contribution in [3.8, 4) is 0 Å². The van der Waals surface area contributed by atoms with E-state index in [0.29, 0.717) is 17.0 Å². The highest BCUT2D eigenvalue weighted by Gasteiger charge is 2.38. The Bertz CT molecular complexity index is 855. The Kier molecular flexibility index (Phi) is 5.09. The summed E-state index contributed by atoms with van der Waals surface area (Å²) in [5.74, 6) is -0.373. The Hall–Kier alpha value is -2.33. The van der Waals surface area contributed by atoms with Crippen LogP contribution in [-0.4, -0.2) is 23.3 Å². The second-order valence-electron chi connectivity index (χ2n) is 6.18. The fourth-order valence-electron chi connectivity index (χ4n) is 2.83. The van der Waals surface area contributed by atoms with Crippen molar-refractivity contribution in [1.29, 1.82) is 0 Å². The highest BCUT2D eigenvalue weighted by atomic mass is 32.2. The number of hydrogen-bond acceptors (Lipinski definition) is 3. The van der Waals surface area contributed by atoms with Crippen molar-refractivity contribution in [3.63, 3.8) is 0 Å². The van der Waals surface area contributed by atoms with Gasteiger partial charge in [0.2, 0.25) is 0 Å². The molecule has 2 amide bonds. The predicted octanol–water partition coefficient (Wildman–Crippen LogP) is 4.59. The van der Waals surface area contributed by atoms with Crippen LogP contribution in [-0.2, 0) is 9.59 Å². The Labute approximate surface area is 152 Å². The van der Waals surface area contributed by atoms with Crippen LogP contribution < -0.4 is 0 Å². The zero-order valence-corrected chi connectivity index (χ0v) is 15.5. The van der Waals surface area contributed by atoms with Crippen molar-refractivity contribution in [2.24, 2.45) is 0 Å². The Morgan fingerprint density at radius 1 is 0.920 bits per heavy atom. The first-order valence-corrected chi connectivity index (χ1v) is 9.25. The zero-order valence-electron chi connectivity index (χ0n) is 14.7. The first kappa shape index (κ1) is 17.5. The maximum atomic E-state index is 12.9. The van der Waals surface area contributed by atoms with E-state index in [-0.39, 0.29) is 11.8 Å². The van der Waals surface area contributed by atoms with Crippen molar-refractivity contribution in [1.82, 2.24) is 4.90 Å². The van der Waals surface area contributed by atoms with Crippen LogP contribution in [0.5, 0.6) is 0 Å². The summed E-state index contributed by atoms with van der Waals surface area (Å²) in [5, 5.41) is 0. The largest absolute Gasteiger partial charge is 0.274 e. The molecular weight excluding hydrogens is 330 g/mol. The number of aryl methyl sites for hydroxylation is 2. The Balaban J connectivity index is 2.10. The van der Waals surface area contributed by atoms with Crippen LogP contribution in [0.1, 0.15) is 30.0 Å². The van der Waals surface area contributed by atoms with Crippen LogP contribution in [0.3, 0.4) is 0 Å². The molecule has 0 aliphatic carbocycles. The molecule has 1 heterocycles. The second-order valence-corrected chi connectivity index (χ2v) is 7.26. The van der Waals surface area contributed by atoms with Gasteiger partial charge in [0, 0.05) is 11.4 Å². The average Bonchev–Trinajstić information content (AvgIpc) is 2.83. The highest BCUT2D eigenvalue weighted by Crippen LogP contribution is 2.39. The highest BCUT2D eigenvalue weighted by molar-refractivity contribution is 8.04. The Morgan fingerprint density at radius 2 is 1.64 bits per heavy atom. The van der Waals surface area contributed by atoms with E-state index in [1.807, 2.05) is 69.3 Å². The predicted molar refractivity (Wildman–Crippen MR) is 102 cm³/mol. The lowest BCUT2D eigenvalue weighted by molar-refractivity contribution is -0.136. The fraction of sp³-hybridized carbons (Fsp3) is 0.238. The van der Waals surface area contributed by atoms with E-state index < -0.39 is 0 Å². The number of rotatable bonds is 5. The molecule has 0 spiro atoms. The van der Waals surface area contributed by atoms with Crippen LogP contribution in [0.25, 0.3) is 5.57 Å². The normalized spacial score (nSPS) is 14.6. The molecule has 2 aromatic carbocycles. The molecule has 3 rings (SSSR count). The summed E-state index contributed by atoms with van der Waals surface area (Å²) in [6.45, 7) is 6.48. The lowest BCUT2D eigenvalue weighted by Gasteiger charge is -2.13. The van der Waals surface area contributed by atoms with E-state index in [0.717, 1.165) is 22.4 Å². The van der Waals surface area contributed by atoms with Crippen LogP contribution in [0.15, 0.2) is 58.3 Å². The summed E-state index contributed by atoms with van der Waals surface area (Å²) in [6, 6.07) is 15.6. The van der Waals surface area contributed by atoms with Crippen LogP contribution >= 0.6 is 11.8 Å². The van der Waals surface area contributed by atoms with Gasteiger partial charge in [0.1, 0.15) is 0 Å². The van der Waals surface area contributed by atoms with Gasteiger partial charge in [0.25, 0.3) is 11.8 Å². The van der Waals surface area contributed by atoms with E-state index in [1.165, 1.54) is 22.2 Å². The molecule has 0 atom stereocenters. The lowest BCUT2D eigenvalue weighted by Crippen LogP contribution is -2.32. The van der Waals surface area contributed by atoms with E-state index in [2.05, 4.69) is 0 Å². The van der Waals surface area contributed by atoms with Gasteiger partial charge in [-0.1, -0.05) is 55.1 Å². The first-order chi connectivity index (χ1) is 12.0. The Morgan fingerprint density at radius 3 is 2.28 bits per heavy atom. The van der Waals surface area contributed by atoms with Gasteiger partial charge in [-0.3, -0.25) is 14.5 Å². The van der Waals surface area contributed by atoms with Gasteiger partial charge in [0.05, 0.1) is 10.5 Å². The van der Waals surface area contributed by atoms with E-state index in [1.54, 1.807) is 0 Å². The van der Waals surface area contributed by atoms with Crippen LogP contribution in [0, 0.1) is 13.8 Å². The zero-order chi connectivity index (χ0) is 18.0. The molecular formula is C21H21NO2S. The molecule has 0 N–H and O–H groups in total. The van der Waals surface area contributed by atoms with Crippen molar-refractivity contribution < 1.29 is 9.59 Å². The molecule has 25 heavy (non-hydrogen) atoms. The minimum absolute atomic E-state index is 0.186. The van der Waals surface area contributed by atoms with Crippen LogP contribution in [0.4, 0.5) is 0 Å². The number of nitrogens with zero attached hydrogens (tertiary/aromatic N) is 1. The smallest absolute Gasteiger partial charge is 0.268 e. The molecule has 3 nitrogen and oxygen atoms in total. The molecule has 0 bridgehead atoms. The van der Waals surface area contributed by atoms with Gasteiger partial charge in [-0.25, -0.2) is 0 Å². The van der Waals surface area contributed by atoms with Gasteiger partial charge in [0.15, 0.2) is 0 Å². The second kappa shape index (κ2) is 7.28. The maximum absolute atomic E-state index is 12.9. The molecule has 0 saturated heterocycles. The summed E-state index contributed by atoms with van der Waals surface area (Å²) < 4.78 is 0. The molecule has 2 aromatic rings. The molecule has 0 saturated carbocycles. The molecule has 1 aliphatic rings. The molecule has 0 fully saturated rings. The van der Waals surface area contributed by atoms with E-state index >= 15 is 0 Å². The number of thioether (sulfide) groups is 1. The molecule has 1 aliphatic heterocycles. The number of amides is 2.